The summed E-state index contributed by atoms with van der Waals surface area (Å²) >= 11 is 5.87. The fourth-order valence-electron chi connectivity index (χ4n) is 2.73. The van der Waals surface area contributed by atoms with Gasteiger partial charge in [0, 0.05) is 10.6 Å². The maximum absolute atomic E-state index is 10.6. The van der Waals surface area contributed by atoms with E-state index >= 15 is 0 Å². The van der Waals surface area contributed by atoms with E-state index in [-0.39, 0.29) is 6.61 Å². The second kappa shape index (κ2) is 8.03. The van der Waals surface area contributed by atoms with Crippen LogP contribution in [0.1, 0.15) is 29.5 Å². The highest BCUT2D eigenvalue weighted by Gasteiger charge is 2.17. The molecule has 0 unspecified atom stereocenters. The van der Waals surface area contributed by atoms with Gasteiger partial charge in [0.25, 0.3) is 0 Å². The summed E-state index contributed by atoms with van der Waals surface area (Å²) in [6, 6.07) is 13.0. The van der Waals surface area contributed by atoms with Crippen LogP contribution in [0.25, 0.3) is 0 Å². The van der Waals surface area contributed by atoms with Crippen molar-refractivity contribution < 1.29 is 19.5 Å². The summed E-state index contributed by atoms with van der Waals surface area (Å²) in [5.74, 6) is -0.431. The van der Waals surface area contributed by atoms with Crippen LogP contribution in [0.3, 0.4) is 0 Å². The van der Waals surface area contributed by atoms with E-state index in [1.54, 1.807) is 6.07 Å². The van der Waals surface area contributed by atoms with Crippen LogP contribution < -0.4 is 4.74 Å². The van der Waals surface area contributed by atoms with Gasteiger partial charge in [0.15, 0.2) is 6.61 Å². The third-order valence-electron chi connectivity index (χ3n) is 3.93. The Kier molecular flexibility index (Phi) is 5.56. The molecule has 0 spiro atoms. The van der Waals surface area contributed by atoms with E-state index < -0.39 is 5.97 Å². The molecule has 0 atom stereocenters. The lowest BCUT2D eigenvalue weighted by molar-refractivity contribution is -0.139. The minimum absolute atomic E-state index is 0.343. The fourth-order valence-corrected chi connectivity index (χ4v) is 2.86. The maximum atomic E-state index is 10.6. The number of halogens is 1. The molecule has 130 valence electrons. The number of hydrogen-bond acceptors (Lipinski definition) is 4. The number of carboxylic acids is 1. The monoisotopic (exact) mass is 359 g/mol. The molecule has 0 aliphatic heterocycles. The lowest BCUT2D eigenvalue weighted by atomic mass is 9.90. The van der Waals surface area contributed by atoms with Gasteiger partial charge in [0.2, 0.25) is 0 Å². The van der Waals surface area contributed by atoms with Crippen molar-refractivity contribution in [1.82, 2.24) is 0 Å². The highest BCUT2D eigenvalue weighted by Crippen LogP contribution is 2.26. The Bertz CT molecular complexity index is 787. The number of fused-ring (bicyclic) bond motifs is 1. The van der Waals surface area contributed by atoms with Gasteiger partial charge in [-0.15, -0.1) is 0 Å². The first-order valence-corrected chi connectivity index (χ1v) is 8.41. The van der Waals surface area contributed by atoms with E-state index in [1.807, 2.05) is 36.4 Å². The number of ether oxygens (including phenoxy) is 1. The molecule has 0 aromatic heterocycles. The number of nitrogens with zero attached hydrogens (tertiary/aromatic N) is 1. The smallest absolute Gasteiger partial charge is 0.341 e. The molecule has 0 fully saturated rings. The van der Waals surface area contributed by atoms with Gasteiger partial charge in [0.1, 0.15) is 12.4 Å². The Balaban J connectivity index is 1.68. The summed E-state index contributed by atoms with van der Waals surface area (Å²) in [6.45, 7) is 0.0414. The highest BCUT2D eigenvalue weighted by atomic mass is 35.5. The number of rotatable bonds is 6. The number of aryl methyl sites for hydroxylation is 1. The zero-order valence-corrected chi connectivity index (χ0v) is 14.3. The van der Waals surface area contributed by atoms with Crippen LogP contribution in [-0.2, 0) is 22.7 Å². The number of oxime groups is 1. The third-order valence-corrected chi connectivity index (χ3v) is 4.18. The van der Waals surface area contributed by atoms with Crippen molar-refractivity contribution in [2.45, 2.75) is 25.9 Å². The molecule has 2 aromatic rings. The number of carboxylic acid groups (broad SMARTS) is 1. The Morgan fingerprint density at radius 3 is 2.72 bits per heavy atom. The van der Waals surface area contributed by atoms with Crippen LogP contribution in [0.5, 0.6) is 5.75 Å². The number of benzene rings is 2. The van der Waals surface area contributed by atoms with Gasteiger partial charge in [-0.3, -0.25) is 0 Å². The molecule has 2 aromatic carbocycles. The molecule has 0 saturated heterocycles. The van der Waals surface area contributed by atoms with Crippen LogP contribution in [-0.4, -0.2) is 23.4 Å². The molecule has 3 rings (SSSR count). The number of aliphatic carboxylic acids is 1. The molecular formula is C19H18ClNO4. The quantitative estimate of drug-likeness (QED) is 0.790. The van der Waals surface area contributed by atoms with Crippen molar-refractivity contribution in [2.75, 3.05) is 6.61 Å². The van der Waals surface area contributed by atoms with Gasteiger partial charge in [0.05, 0.1) is 5.71 Å². The van der Waals surface area contributed by atoms with Gasteiger partial charge in [-0.2, -0.15) is 0 Å². The van der Waals surface area contributed by atoms with Crippen LogP contribution in [0.2, 0.25) is 5.02 Å². The first-order chi connectivity index (χ1) is 12.1. The normalized spacial score (nSPS) is 14.8. The van der Waals surface area contributed by atoms with Gasteiger partial charge >= 0.3 is 5.97 Å². The summed E-state index contributed by atoms with van der Waals surface area (Å²) in [5, 5.41) is 13.7. The fraction of sp³-hybridized carbons (Fsp3) is 0.263. The van der Waals surface area contributed by atoms with Gasteiger partial charge in [-0.05, 0) is 60.7 Å². The molecule has 1 aliphatic carbocycles. The third kappa shape index (κ3) is 4.73. The molecule has 0 heterocycles. The van der Waals surface area contributed by atoms with Crippen LogP contribution in [0.15, 0.2) is 47.6 Å². The molecule has 5 nitrogen and oxygen atoms in total. The first-order valence-electron chi connectivity index (χ1n) is 8.03. The Morgan fingerprint density at radius 1 is 1.16 bits per heavy atom. The second-order valence-electron chi connectivity index (χ2n) is 5.79. The average Bonchev–Trinajstić information content (AvgIpc) is 2.61. The summed E-state index contributed by atoms with van der Waals surface area (Å²) in [7, 11) is 0. The average molecular weight is 360 g/mol. The first kappa shape index (κ1) is 17.3. The SMILES string of the molecule is O=C(O)COc1ccc2c(c1)CCCC2=NOCc1ccc(Cl)cc1. The summed E-state index contributed by atoms with van der Waals surface area (Å²) in [5.41, 5.74) is 4.04. The molecule has 0 saturated carbocycles. The second-order valence-corrected chi connectivity index (χ2v) is 6.23. The Morgan fingerprint density at radius 2 is 1.96 bits per heavy atom. The van der Waals surface area contributed by atoms with E-state index in [0.717, 1.165) is 41.7 Å². The molecular weight excluding hydrogens is 342 g/mol. The van der Waals surface area contributed by atoms with E-state index in [4.69, 9.17) is 26.3 Å². The van der Waals surface area contributed by atoms with Crippen molar-refractivity contribution in [1.29, 1.82) is 0 Å². The number of carbonyl (C=O) groups is 1. The van der Waals surface area contributed by atoms with Gasteiger partial charge in [-0.1, -0.05) is 28.9 Å². The maximum Gasteiger partial charge on any atom is 0.341 e. The predicted octanol–water partition coefficient (Wildman–Crippen LogP) is 4.06. The lowest BCUT2D eigenvalue weighted by Crippen LogP contribution is -2.14. The van der Waals surface area contributed by atoms with Crippen molar-refractivity contribution >= 4 is 23.3 Å². The van der Waals surface area contributed by atoms with Gasteiger partial charge < -0.3 is 14.7 Å². The summed E-state index contributed by atoms with van der Waals surface area (Å²) in [6.07, 6.45) is 2.73. The van der Waals surface area contributed by atoms with E-state index in [9.17, 15) is 4.79 Å². The van der Waals surface area contributed by atoms with Crippen LogP contribution >= 0.6 is 11.6 Å². The summed E-state index contributed by atoms with van der Waals surface area (Å²) < 4.78 is 5.24. The van der Waals surface area contributed by atoms with Crippen molar-refractivity contribution in [2.24, 2.45) is 5.16 Å². The molecule has 1 N–H and O–H groups in total. The molecule has 1 aliphatic rings. The Hall–Kier alpha value is -2.53. The van der Waals surface area contributed by atoms with E-state index in [1.165, 1.54) is 0 Å². The molecule has 0 amide bonds. The largest absolute Gasteiger partial charge is 0.482 e. The molecule has 25 heavy (non-hydrogen) atoms. The van der Waals surface area contributed by atoms with Crippen molar-refractivity contribution in [3.05, 3.63) is 64.2 Å². The van der Waals surface area contributed by atoms with Crippen molar-refractivity contribution in [3.8, 4) is 5.75 Å². The minimum Gasteiger partial charge on any atom is -0.482 e. The van der Waals surface area contributed by atoms with Crippen LogP contribution in [0, 0.1) is 0 Å². The molecule has 0 radical (unpaired) electrons. The van der Waals surface area contributed by atoms with Crippen molar-refractivity contribution in [3.63, 3.8) is 0 Å². The van der Waals surface area contributed by atoms with E-state index in [2.05, 4.69) is 5.16 Å². The predicted molar refractivity (Wildman–Crippen MR) is 95.3 cm³/mol. The Labute approximate surface area is 150 Å². The zero-order chi connectivity index (χ0) is 17.6. The topological polar surface area (TPSA) is 68.1 Å². The minimum atomic E-state index is -0.990. The number of hydrogen-bond donors (Lipinski definition) is 1. The lowest BCUT2D eigenvalue weighted by Gasteiger charge is -2.18. The van der Waals surface area contributed by atoms with E-state index in [0.29, 0.717) is 17.4 Å². The highest BCUT2D eigenvalue weighted by molar-refractivity contribution is 6.30. The standard InChI is InChI=1S/C19H18ClNO4/c20-15-6-4-13(5-7-15)11-25-21-18-3-1-2-14-10-16(8-9-17(14)18)24-12-19(22)23/h4-10H,1-3,11-12H2,(H,22,23). The summed E-state index contributed by atoms with van der Waals surface area (Å²) in [4.78, 5) is 16.1. The molecule has 6 heteroatoms. The van der Waals surface area contributed by atoms with Gasteiger partial charge in [-0.25, -0.2) is 4.79 Å². The van der Waals surface area contributed by atoms with Crippen LogP contribution in [0.4, 0.5) is 0 Å². The zero-order valence-electron chi connectivity index (χ0n) is 13.6. The molecule has 0 bridgehead atoms.